The van der Waals surface area contributed by atoms with Crippen LogP contribution in [0.5, 0.6) is 5.75 Å². The number of benzene rings is 2. The van der Waals surface area contributed by atoms with E-state index in [1.54, 1.807) is 0 Å². The number of amides is 1. The van der Waals surface area contributed by atoms with Crippen LogP contribution >= 0.6 is 0 Å². The molecule has 0 saturated carbocycles. The number of carbonyl (C=O) groups is 1. The van der Waals surface area contributed by atoms with Crippen molar-refractivity contribution in [3.8, 4) is 5.75 Å². The number of nitrogens with zero attached hydrogens (tertiary/aromatic N) is 1. The van der Waals surface area contributed by atoms with Gasteiger partial charge in [-0.25, -0.2) is 8.42 Å². The lowest BCUT2D eigenvalue weighted by atomic mass is 9.97. The molecule has 0 unspecified atom stereocenters. The molecular formula is C23H30N2O4S. The van der Waals surface area contributed by atoms with E-state index in [4.69, 9.17) is 4.74 Å². The van der Waals surface area contributed by atoms with Gasteiger partial charge in [0.2, 0.25) is 15.9 Å². The average molecular weight is 431 g/mol. The summed E-state index contributed by atoms with van der Waals surface area (Å²) >= 11 is 0. The van der Waals surface area contributed by atoms with Crippen molar-refractivity contribution in [2.75, 3.05) is 26.2 Å². The summed E-state index contributed by atoms with van der Waals surface area (Å²) in [6.07, 6.45) is 1.04. The SMILES string of the molecule is Cc1cc(C)c(S(=O)(=O)N2CCC(C(=O)NCCOc3ccccc3)CC2)c(C)c1. The Morgan fingerprint density at radius 1 is 1.07 bits per heavy atom. The van der Waals surface area contributed by atoms with Crippen LogP contribution in [-0.4, -0.2) is 44.9 Å². The standard InChI is InChI=1S/C23H30N2O4S/c1-17-15-18(2)22(19(3)16-17)30(27,28)25-12-9-20(10-13-25)23(26)24-11-14-29-21-7-5-4-6-8-21/h4-8,15-16,20H,9-14H2,1-3H3,(H,24,26). The molecule has 7 heteroatoms. The van der Waals surface area contributed by atoms with E-state index in [0.717, 1.165) is 22.4 Å². The molecule has 2 aromatic rings. The summed E-state index contributed by atoms with van der Waals surface area (Å²) in [5, 5.41) is 2.90. The van der Waals surface area contributed by atoms with E-state index in [1.807, 2.05) is 63.2 Å². The van der Waals surface area contributed by atoms with E-state index in [1.165, 1.54) is 4.31 Å². The molecule has 0 aliphatic carbocycles. The third-order valence-corrected chi connectivity index (χ3v) is 7.65. The lowest BCUT2D eigenvalue weighted by molar-refractivity contribution is -0.126. The number of aryl methyl sites for hydroxylation is 3. The predicted octanol–water partition coefficient (Wildman–Crippen LogP) is 3.21. The Balaban J connectivity index is 1.51. The summed E-state index contributed by atoms with van der Waals surface area (Å²) in [5.74, 6) is 0.562. The highest BCUT2D eigenvalue weighted by Crippen LogP contribution is 2.28. The van der Waals surface area contributed by atoms with Crippen LogP contribution in [-0.2, 0) is 14.8 Å². The van der Waals surface area contributed by atoms with Gasteiger partial charge in [-0.15, -0.1) is 0 Å². The number of carbonyl (C=O) groups excluding carboxylic acids is 1. The van der Waals surface area contributed by atoms with E-state index in [9.17, 15) is 13.2 Å². The van der Waals surface area contributed by atoms with Gasteiger partial charge in [-0.1, -0.05) is 35.9 Å². The molecule has 1 aliphatic rings. The van der Waals surface area contributed by atoms with Crippen LogP contribution < -0.4 is 10.1 Å². The Bertz CT molecular complexity index is 959. The number of ether oxygens (including phenoxy) is 1. The number of sulfonamides is 1. The van der Waals surface area contributed by atoms with Crippen molar-refractivity contribution in [1.82, 2.24) is 9.62 Å². The molecule has 0 atom stereocenters. The normalized spacial score (nSPS) is 15.7. The second kappa shape index (κ2) is 9.62. The maximum atomic E-state index is 13.2. The zero-order valence-corrected chi connectivity index (χ0v) is 18.7. The fourth-order valence-corrected chi connectivity index (χ4v) is 5.95. The summed E-state index contributed by atoms with van der Waals surface area (Å²) in [6, 6.07) is 13.3. The minimum Gasteiger partial charge on any atom is -0.492 e. The summed E-state index contributed by atoms with van der Waals surface area (Å²) in [5.41, 5.74) is 2.59. The minimum absolute atomic E-state index is 0.0357. The molecule has 1 heterocycles. The fraction of sp³-hybridized carbons (Fsp3) is 0.435. The van der Waals surface area contributed by atoms with Crippen LogP contribution in [0.15, 0.2) is 47.4 Å². The predicted molar refractivity (Wildman–Crippen MR) is 117 cm³/mol. The molecule has 0 radical (unpaired) electrons. The van der Waals surface area contributed by atoms with Crippen LogP contribution in [0.3, 0.4) is 0 Å². The zero-order chi connectivity index (χ0) is 21.7. The van der Waals surface area contributed by atoms with Crippen LogP contribution in [0, 0.1) is 26.7 Å². The minimum atomic E-state index is -3.56. The Labute approximate surface area is 179 Å². The second-order valence-electron chi connectivity index (χ2n) is 7.86. The van der Waals surface area contributed by atoms with Crippen LogP contribution in [0.1, 0.15) is 29.5 Å². The second-order valence-corrected chi connectivity index (χ2v) is 9.73. The third-order valence-electron chi connectivity index (χ3n) is 5.44. The Kier molecular flexibility index (Phi) is 7.15. The molecule has 1 amide bonds. The highest BCUT2D eigenvalue weighted by molar-refractivity contribution is 7.89. The summed E-state index contributed by atoms with van der Waals surface area (Å²) in [7, 11) is -3.56. The number of hydrogen-bond donors (Lipinski definition) is 1. The maximum absolute atomic E-state index is 13.2. The highest BCUT2D eigenvalue weighted by atomic mass is 32.2. The molecule has 1 aliphatic heterocycles. The number of rotatable bonds is 7. The monoisotopic (exact) mass is 430 g/mol. The first-order valence-electron chi connectivity index (χ1n) is 10.3. The van der Waals surface area contributed by atoms with Gasteiger partial charge in [0, 0.05) is 19.0 Å². The van der Waals surface area contributed by atoms with Gasteiger partial charge < -0.3 is 10.1 Å². The molecule has 6 nitrogen and oxygen atoms in total. The van der Waals surface area contributed by atoms with Gasteiger partial charge in [0.1, 0.15) is 12.4 Å². The smallest absolute Gasteiger partial charge is 0.243 e. The number of hydrogen-bond acceptors (Lipinski definition) is 4. The Morgan fingerprint density at radius 3 is 2.27 bits per heavy atom. The van der Waals surface area contributed by atoms with E-state index in [-0.39, 0.29) is 11.8 Å². The van der Waals surface area contributed by atoms with Crippen molar-refractivity contribution < 1.29 is 17.9 Å². The molecule has 0 bridgehead atoms. The Hall–Kier alpha value is -2.38. The van der Waals surface area contributed by atoms with Gasteiger partial charge in [0.05, 0.1) is 11.4 Å². The van der Waals surface area contributed by atoms with Gasteiger partial charge >= 0.3 is 0 Å². The molecule has 3 rings (SSSR count). The van der Waals surface area contributed by atoms with Gasteiger partial charge in [0.15, 0.2) is 0 Å². The number of nitrogens with one attached hydrogen (secondary N) is 1. The largest absolute Gasteiger partial charge is 0.492 e. The molecular weight excluding hydrogens is 400 g/mol. The number of para-hydroxylation sites is 1. The van der Waals surface area contributed by atoms with Crippen LogP contribution in [0.25, 0.3) is 0 Å². The van der Waals surface area contributed by atoms with Crippen molar-refractivity contribution in [3.05, 3.63) is 59.2 Å². The lowest BCUT2D eigenvalue weighted by Crippen LogP contribution is -2.43. The quantitative estimate of drug-likeness (QED) is 0.685. The van der Waals surface area contributed by atoms with Crippen molar-refractivity contribution in [3.63, 3.8) is 0 Å². The van der Waals surface area contributed by atoms with E-state index >= 15 is 0 Å². The molecule has 162 valence electrons. The van der Waals surface area contributed by atoms with Crippen LogP contribution in [0.4, 0.5) is 0 Å². The molecule has 2 aromatic carbocycles. The zero-order valence-electron chi connectivity index (χ0n) is 17.8. The Morgan fingerprint density at radius 2 is 1.67 bits per heavy atom. The highest BCUT2D eigenvalue weighted by Gasteiger charge is 2.33. The number of piperidine rings is 1. The molecule has 30 heavy (non-hydrogen) atoms. The van der Waals surface area contributed by atoms with Crippen LogP contribution in [0.2, 0.25) is 0 Å². The molecule has 0 spiro atoms. The first-order valence-corrected chi connectivity index (χ1v) is 11.8. The molecule has 1 saturated heterocycles. The fourth-order valence-electron chi connectivity index (χ4n) is 4.07. The van der Waals surface area contributed by atoms with Gasteiger partial charge in [-0.2, -0.15) is 4.31 Å². The third kappa shape index (κ3) is 5.21. The van der Waals surface area contributed by atoms with E-state index < -0.39 is 10.0 Å². The van der Waals surface area contributed by atoms with Crippen molar-refractivity contribution in [2.45, 2.75) is 38.5 Å². The maximum Gasteiger partial charge on any atom is 0.243 e. The first kappa shape index (κ1) is 22.3. The molecule has 1 N–H and O–H groups in total. The molecule has 1 fully saturated rings. The summed E-state index contributed by atoms with van der Waals surface area (Å²) in [6.45, 7) is 7.17. The van der Waals surface area contributed by atoms with Gasteiger partial charge in [-0.3, -0.25) is 4.79 Å². The topological polar surface area (TPSA) is 75.7 Å². The van der Waals surface area contributed by atoms with E-state index in [2.05, 4.69) is 5.32 Å². The van der Waals surface area contributed by atoms with Gasteiger partial charge in [0.25, 0.3) is 0 Å². The lowest BCUT2D eigenvalue weighted by Gasteiger charge is -2.31. The van der Waals surface area contributed by atoms with Crippen molar-refractivity contribution in [1.29, 1.82) is 0 Å². The van der Waals surface area contributed by atoms with Crippen molar-refractivity contribution in [2.24, 2.45) is 5.92 Å². The average Bonchev–Trinajstić information content (AvgIpc) is 2.71. The van der Waals surface area contributed by atoms with Crippen molar-refractivity contribution >= 4 is 15.9 Å². The van der Waals surface area contributed by atoms with E-state index in [0.29, 0.717) is 44.0 Å². The summed E-state index contributed by atoms with van der Waals surface area (Å²) < 4.78 is 33.4. The van der Waals surface area contributed by atoms with Gasteiger partial charge in [-0.05, 0) is 56.9 Å². The molecule has 0 aromatic heterocycles. The first-order chi connectivity index (χ1) is 14.3. The summed E-state index contributed by atoms with van der Waals surface area (Å²) in [4.78, 5) is 12.8.